The molecule has 0 spiro atoms. The van der Waals surface area contributed by atoms with Crippen molar-refractivity contribution in [3.8, 4) is 0 Å². The van der Waals surface area contributed by atoms with Gasteiger partial charge in [0.2, 0.25) is 0 Å². The average Bonchev–Trinajstić information content (AvgIpc) is 2.68. The number of hydrogen-bond donors (Lipinski definition) is 1. The lowest BCUT2D eigenvalue weighted by molar-refractivity contribution is 0.177. The van der Waals surface area contributed by atoms with Crippen molar-refractivity contribution in [1.29, 1.82) is 0 Å². The molecule has 0 bridgehead atoms. The lowest BCUT2D eigenvalue weighted by atomic mass is 10.1. The minimum absolute atomic E-state index is 0.0606. The van der Waals surface area contributed by atoms with Crippen molar-refractivity contribution in [2.75, 3.05) is 0 Å². The van der Waals surface area contributed by atoms with Crippen molar-refractivity contribution in [3.63, 3.8) is 0 Å². The number of thiazole rings is 1. The predicted molar refractivity (Wildman–Crippen MR) is 66.9 cm³/mol. The van der Waals surface area contributed by atoms with E-state index in [2.05, 4.69) is 4.98 Å². The molecule has 0 aliphatic rings. The minimum atomic E-state index is -0.761. The molecule has 5 heteroatoms. The first kappa shape index (κ1) is 12.5. The second kappa shape index (κ2) is 5.12. The summed E-state index contributed by atoms with van der Waals surface area (Å²) in [4.78, 5) is 4.25. The summed E-state index contributed by atoms with van der Waals surface area (Å²) in [6.07, 6.45) is -0.380. The molecule has 1 unspecified atom stereocenters. The molecule has 2 nitrogen and oxygen atoms in total. The van der Waals surface area contributed by atoms with E-state index in [0.717, 1.165) is 10.7 Å². The standard InChI is InChI=1S/C12H11ClFNOS/c1-7-15-9(6-17-7)5-12(16)8-2-3-10(13)11(14)4-8/h2-4,6,12,16H,5H2,1H3. The Morgan fingerprint density at radius 1 is 1.53 bits per heavy atom. The van der Waals surface area contributed by atoms with Crippen LogP contribution < -0.4 is 0 Å². The van der Waals surface area contributed by atoms with Crippen molar-refractivity contribution in [2.45, 2.75) is 19.4 Å². The van der Waals surface area contributed by atoms with Gasteiger partial charge in [0.05, 0.1) is 21.8 Å². The molecule has 1 aromatic heterocycles. The molecule has 1 N–H and O–H groups in total. The van der Waals surface area contributed by atoms with Gasteiger partial charge in [0, 0.05) is 11.8 Å². The third-order valence-electron chi connectivity index (χ3n) is 2.40. The molecule has 17 heavy (non-hydrogen) atoms. The zero-order valence-corrected chi connectivity index (χ0v) is 10.7. The summed E-state index contributed by atoms with van der Waals surface area (Å²) in [5.74, 6) is -0.516. The van der Waals surface area contributed by atoms with Crippen LogP contribution >= 0.6 is 22.9 Å². The molecule has 0 saturated heterocycles. The van der Waals surface area contributed by atoms with Gasteiger partial charge in [-0.15, -0.1) is 11.3 Å². The van der Waals surface area contributed by atoms with Gasteiger partial charge in [-0.1, -0.05) is 17.7 Å². The Balaban J connectivity index is 2.14. The molecule has 2 rings (SSSR count). The maximum atomic E-state index is 13.2. The SMILES string of the molecule is Cc1nc(CC(O)c2ccc(Cl)c(F)c2)cs1. The molecule has 2 aromatic rings. The second-order valence-corrected chi connectivity index (χ2v) is 5.22. The van der Waals surface area contributed by atoms with Crippen molar-refractivity contribution in [3.05, 3.63) is 50.7 Å². The summed E-state index contributed by atoms with van der Waals surface area (Å²) >= 11 is 7.11. The van der Waals surface area contributed by atoms with E-state index in [1.807, 2.05) is 12.3 Å². The van der Waals surface area contributed by atoms with Gasteiger partial charge in [-0.25, -0.2) is 9.37 Å². The van der Waals surface area contributed by atoms with E-state index < -0.39 is 11.9 Å². The maximum absolute atomic E-state index is 13.2. The lowest BCUT2D eigenvalue weighted by Gasteiger charge is -2.09. The van der Waals surface area contributed by atoms with Crippen LogP contribution in [-0.2, 0) is 6.42 Å². The third-order valence-corrected chi connectivity index (χ3v) is 3.53. The Kier molecular flexibility index (Phi) is 3.76. The fraction of sp³-hybridized carbons (Fsp3) is 0.250. The first-order valence-corrected chi connectivity index (χ1v) is 6.36. The monoisotopic (exact) mass is 271 g/mol. The molecule has 90 valence electrons. The number of aryl methyl sites for hydroxylation is 1. The Morgan fingerprint density at radius 3 is 2.88 bits per heavy atom. The highest BCUT2D eigenvalue weighted by atomic mass is 35.5. The van der Waals surface area contributed by atoms with Gasteiger partial charge in [0.25, 0.3) is 0 Å². The molecule has 1 atom stereocenters. The molecule has 0 saturated carbocycles. The highest BCUT2D eigenvalue weighted by Gasteiger charge is 2.12. The average molecular weight is 272 g/mol. The van der Waals surface area contributed by atoms with E-state index >= 15 is 0 Å². The van der Waals surface area contributed by atoms with Crippen LogP contribution in [0.4, 0.5) is 4.39 Å². The third kappa shape index (κ3) is 3.03. The van der Waals surface area contributed by atoms with E-state index in [-0.39, 0.29) is 5.02 Å². The van der Waals surface area contributed by atoms with Crippen LogP contribution in [-0.4, -0.2) is 10.1 Å². The van der Waals surface area contributed by atoms with Gasteiger partial charge in [-0.2, -0.15) is 0 Å². The molecule has 1 heterocycles. The van der Waals surface area contributed by atoms with E-state index in [1.165, 1.54) is 23.5 Å². The number of rotatable bonds is 3. The van der Waals surface area contributed by atoms with Crippen LogP contribution in [0.5, 0.6) is 0 Å². The Morgan fingerprint density at radius 2 is 2.29 bits per heavy atom. The van der Waals surface area contributed by atoms with Gasteiger partial charge in [-0.05, 0) is 24.6 Å². The molecule has 0 fully saturated rings. The second-order valence-electron chi connectivity index (χ2n) is 3.75. The summed E-state index contributed by atoms with van der Waals surface area (Å²) in [7, 11) is 0. The van der Waals surface area contributed by atoms with E-state index in [9.17, 15) is 9.50 Å². The highest BCUT2D eigenvalue weighted by Crippen LogP contribution is 2.23. The molecular formula is C12H11ClFNOS. The van der Waals surface area contributed by atoms with Gasteiger partial charge in [-0.3, -0.25) is 0 Å². The van der Waals surface area contributed by atoms with Gasteiger partial charge >= 0.3 is 0 Å². The largest absolute Gasteiger partial charge is 0.388 e. The molecule has 0 aliphatic heterocycles. The van der Waals surface area contributed by atoms with Crippen LogP contribution in [0.3, 0.4) is 0 Å². The first-order valence-electron chi connectivity index (χ1n) is 5.10. The quantitative estimate of drug-likeness (QED) is 0.927. The molecule has 0 aliphatic carbocycles. The Hall–Kier alpha value is -0.970. The topological polar surface area (TPSA) is 33.1 Å². The Labute approximate surface area is 108 Å². The normalized spacial score (nSPS) is 12.7. The number of benzene rings is 1. The van der Waals surface area contributed by atoms with Crippen molar-refractivity contribution < 1.29 is 9.50 Å². The van der Waals surface area contributed by atoms with E-state index in [4.69, 9.17) is 11.6 Å². The van der Waals surface area contributed by atoms with Gasteiger partial charge < -0.3 is 5.11 Å². The molecular weight excluding hydrogens is 261 g/mol. The predicted octanol–water partition coefficient (Wildman–Crippen LogP) is 3.52. The van der Waals surface area contributed by atoms with Crippen molar-refractivity contribution in [1.82, 2.24) is 4.98 Å². The van der Waals surface area contributed by atoms with Crippen LogP contribution in [0.1, 0.15) is 22.4 Å². The van der Waals surface area contributed by atoms with Crippen molar-refractivity contribution in [2.24, 2.45) is 0 Å². The smallest absolute Gasteiger partial charge is 0.142 e. The molecule has 1 aromatic carbocycles. The molecule has 0 amide bonds. The maximum Gasteiger partial charge on any atom is 0.142 e. The summed E-state index contributed by atoms with van der Waals surface area (Å²) in [6.45, 7) is 1.91. The zero-order valence-electron chi connectivity index (χ0n) is 9.15. The molecule has 0 radical (unpaired) electrons. The summed E-state index contributed by atoms with van der Waals surface area (Å²) < 4.78 is 13.2. The minimum Gasteiger partial charge on any atom is -0.388 e. The number of aliphatic hydroxyl groups excluding tert-OH is 1. The lowest BCUT2D eigenvalue weighted by Crippen LogP contribution is -2.02. The number of halogens is 2. The van der Waals surface area contributed by atoms with Gasteiger partial charge in [0.15, 0.2) is 0 Å². The van der Waals surface area contributed by atoms with E-state index in [1.54, 1.807) is 6.07 Å². The van der Waals surface area contributed by atoms with Crippen LogP contribution in [0.2, 0.25) is 5.02 Å². The van der Waals surface area contributed by atoms with Crippen LogP contribution in [0.15, 0.2) is 23.6 Å². The number of aliphatic hydroxyl groups is 1. The van der Waals surface area contributed by atoms with Gasteiger partial charge in [0.1, 0.15) is 5.82 Å². The number of aromatic nitrogens is 1. The Bertz CT molecular complexity index is 529. The van der Waals surface area contributed by atoms with Crippen molar-refractivity contribution >= 4 is 22.9 Å². The fourth-order valence-corrected chi connectivity index (χ4v) is 2.28. The zero-order chi connectivity index (χ0) is 12.4. The van der Waals surface area contributed by atoms with E-state index in [0.29, 0.717) is 12.0 Å². The van der Waals surface area contributed by atoms with Crippen LogP contribution in [0, 0.1) is 12.7 Å². The summed E-state index contributed by atoms with van der Waals surface area (Å²) in [5, 5.41) is 12.9. The van der Waals surface area contributed by atoms with Crippen LogP contribution in [0.25, 0.3) is 0 Å². The first-order chi connectivity index (χ1) is 8.06. The fourth-order valence-electron chi connectivity index (χ4n) is 1.54. The number of nitrogens with zero attached hydrogens (tertiary/aromatic N) is 1. The number of hydrogen-bond acceptors (Lipinski definition) is 3. The summed E-state index contributed by atoms with van der Waals surface area (Å²) in [6, 6.07) is 4.32. The highest BCUT2D eigenvalue weighted by molar-refractivity contribution is 7.09. The summed E-state index contributed by atoms with van der Waals surface area (Å²) in [5.41, 5.74) is 1.33.